The smallest absolute Gasteiger partial charge is 0.255 e. The van der Waals surface area contributed by atoms with Crippen molar-refractivity contribution in [3.8, 4) is 11.1 Å². The number of aromatic nitrogens is 4. The van der Waals surface area contributed by atoms with Crippen molar-refractivity contribution in [1.82, 2.24) is 19.6 Å². The first-order valence-corrected chi connectivity index (χ1v) is 8.42. The molecule has 5 nitrogen and oxygen atoms in total. The number of rotatable bonds is 2. The second-order valence-electron chi connectivity index (χ2n) is 5.84. The van der Waals surface area contributed by atoms with Crippen LogP contribution in [-0.2, 0) is 0 Å². The van der Waals surface area contributed by atoms with E-state index in [1.54, 1.807) is 0 Å². The Morgan fingerprint density at radius 3 is 2.43 bits per heavy atom. The number of anilines is 1. The highest BCUT2D eigenvalue weighted by molar-refractivity contribution is 6.33. The molecular weight excluding hydrogens is 310 g/mol. The van der Waals surface area contributed by atoms with Gasteiger partial charge in [0.25, 0.3) is 5.78 Å². The van der Waals surface area contributed by atoms with Crippen LogP contribution in [0.15, 0.2) is 36.7 Å². The van der Waals surface area contributed by atoms with E-state index in [9.17, 15) is 0 Å². The Morgan fingerprint density at radius 2 is 1.70 bits per heavy atom. The number of hydrogen-bond donors (Lipinski definition) is 0. The van der Waals surface area contributed by atoms with Crippen LogP contribution in [0.5, 0.6) is 0 Å². The van der Waals surface area contributed by atoms with Gasteiger partial charge in [-0.25, -0.2) is 0 Å². The van der Waals surface area contributed by atoms with Gasteiger partial charge in [-0.15, -0.1) is 0 Å². The summed E-state index contributed by atoms with van der Waals surface area (Å²) >= 11 is 6.54. The van der Waals surface area contributed by atoms with Crippen LogP contribution >= 0.6 is 11.6 Å². The second kappa shape index (κ2) is 6.16. The third-order valence-electron chi connectivity index (χ3n) is 4.33. The summed E-state index contributed by atoms with van der Waals surface area (Å²) in [5.74, 6) is 1.56. The second-order valence-corrected chi connectivity index (χ2v) is 6.20. The molecule has 0 amide bonds. The maximum Gasteiger partial charge on any atom is 0.255 e. The van der Waals surface area contributed by atoms with Crippen molar-refractivity contribution >= 4 is 23.2 Å². The van der Waals surface area contributed by atoms with E-state index in [2.05, 4.69) is 32.1 Å². The fraction of sp³-hybridized carbons (Fsp3) is 0.353. The molecule has 118 valence electrons. The number of benzene rings is 1. The fourth-order valence-corrected chi connectivity index (χ4v) is 3.50. The molecule has 1 saturated heterocycles. The van der Waals surface area contributed by atoms with Gasteiger partial charge in [-0.3, -0.25) is 0 Å². The molecule has 0 unspecified atom stereocenters. The Balaban J connectivity index is 1.96. The van der Waals surface area contributed by atoms with Gasteiger partial charge in [0.2, 0.25) is 0 Å². The first-order valence-electron chi connectivity index (χ1n) is 8.04. The van der Waals surface area contributed by atoms with Gasteiger partial charge in [0.15, 0.2) is 0 Å². The molecule has 0 saturated carbocycles. The minimum Gasteiger partial charge on any atom is -0.356 e. The van der Waals surface area contributed by atoms with E-state index in [1.807, 2.05) is 22.7 Å². The predicted molar refractivity (Wildman–Crippen MR) is 91.9 cm³/mol. The zero-order valence-electron chi connectivity index (χ0n) is 12.8. The van der Waals surface area contributed by atoms with E-state index >= 15 is 0 Å². The molecular formula is C17H18ClN5. The monoisotopic (exact) mass is 327 g/mol. The summed E-state index contributed by atoms with van der Waals surface area (Å²) < 4.78 is 1.82. The summed E-state index contributed by atoms with van der Waals surface area (Å²) in [5.41, 5.74) is 1.99. The highest BCUT2D eigenvalue weighted by atomic mass is 35.5. The van der Waals surface area contributed by atoms with E-state index in [0.29, 0.717) is 10.9 Å². The molecule has 1 aromatic carbocycles. The molecule has 0 radical (unpaired) electrons. The number of nitrogens with zero attached hydrogens (tertiary/aromatic N) is 5. The van der Waals surface area contributed by atoms with Crippen LogP contribution in [0, 0.1) is 0 Å². The van der Waals surface area contributed by atoms with Crippen molar-refractivity contribution in [1.29, 1.82) is 0 Å². The summed E-state index contributed by atoms with van der Waals surface area (Å²) in [6, 6.07) is 10.2. The van der Waals surface area contributed by atoms with Crippen LogP contribution in [0.2, 0.25) is 5.15 Å². The van der Waals surface area contributed by atoms with E-state index < -0.39 is 0 Å². The summed E-state index contributed by atoms with van der Waals surface area (Å²) in [7, 11) is 0. The molecule has 3 heterocycles. The Kier molecular flexibility index (Phi) is 3.87. The van der Waals surface area contributed by atoms with Gasteiger partial charge in [0.1, 0.15) is 17.3 Å². The minimum absolute atomic E-state index is 0.482. The molecule has 0 atom stereocenters. The Labute approximate surface area is 139 Å². The summed E-state index contributed by atoms with van der Waals surface area (Å²) in [5, 5.41) is 4.88. The number of fused-ring (bicyclic) bond motifs is 1. The molecule has 2 aromatic heterocycles. The zero-order valence-corrected chi connectivity index (χ0v) is 13.6. The van der Waals surface area contributed by atoms with Crippen molar-refractivity contribution in [3.63, 3.8) is 0 Å². The lowest BCUT2D eigenvalue weighted by atomic mass is 10.1. The van der Waals surface area contributed by atoms with Gasteiger partial charge in [0, 0.05) is 13.1 Å². The minimum atomic E-state index is 0.482. The average molecular weight is 328 g/mol. The molecule has 0 spiro atoms. The van der Waals surface area contributed by atoms with E-state index in [0.717, 1.165) is 30.0 Å². The molecule has 3 aromatic rings. The lowest BCUT2D eigenvalue weighted by Gasteiger charge is -2.26. The van der Waals surface area contributed by atoms with Crippen LogP contribution in [-0.4, -0.2) is 32.7 Å². The van der Waals surface area contributed by atoms with E-state index in [-0.39, 0.29) is 0 Å². The van der Waals surface area contributed by atoms with Crippen LogP contribution in [0.25, 0.3) is 16.9 Å². The zero-order chi connectivity index (χ0) is 15.6. The van der Waals surface area contributed by atoms with Crippen molar-refractivity contribution in [2.75, 3.05) is 18.0 Å². The van der Waals surface area contributed by atoms with Crippen molar-refractivity contribution in [2.45, 2.75) is 25.7 Å². The van der Waals surface area contributed by atoms with Crippen molar-refractivity contribution < 1.29 is 0 Å². The third-order valence-corrected chi connectivity index (χ3v) is 4.60. The lowest BCUT2D eigenvalue weighted by Crippen LogP contribution is -2.27. The molecule has 4 rings (SSSR count). The molecule has 0 N–H and O–H groups in total. The SMILES string of the molecule is Clc1nc2ncnn2c(N2CCCCCC2)c1-c1ccccc1. The van der Waals surface area contributed by atoms with E-state index in [4.69, 9.17) is 11.6 Å². The largest absolute Gasteiger partial charge is 0.356 e. The normalized spacial score (nSPS) is 15.8. The van der Waals surface area contributed by atoms with Gasteiger partial charge in [-0.1, -0.05) is 54.8 Å². The van der Waals surface area contributed by atoms with Crippen LogP contribution in [0.4, 0.5) is 5.82 Å². The quantitative estimate of drug-likeness (QED) is 0.671. The summed E-state index contributed by atoms with van der Waals surface area (Å²) in [4.78, 5) is 11.0. The molecule has 1 aliphatic rings. The van der Waals surface area contributed by atoms with Gasteiger partial charge in [-0.05, 0) is 18.4 Å². The number of hydrogen-bond acceptors (Lipinski definition) is 4. The number of halogens is 1. The van der Waals surface area contributed by atoms with Gasteiger partial charge < -0.3 is 4.90 Å². The first kappa shape index (κ1) is 14.5. The third kappa shape index (κ3) is 2.65. The molecule has 23 heavy (non-hydrogen) atoms. The molecule has 6 heteroatoms. The van der Waals surface area contributed by atoms with Crippen LogP contribution < -0.4 is 4.90 Å². The highest BCUT2D eigenvalue weighted by Gasteiger charge is 2.22. The Bertz CT molecular complexity index is 806. The average Bonchev–Trinajstić information content (AvgIpc) is 2.87. The Morgan fingerprint density at radius 1 is 0.957 bits per heavy atom. The summed E-state index contributed by atoms with van der Waals surface area (Å²) in [6.07, 6.45) is 6.45. The maximum atomic E-state index is 6.54. The maximum absolute atomic E-state index is 6.54. The molecule has 0 aliphatic carbocycles. The van der Waals surface area contributed by atoms with Crippen LogP contribution in [0.1, 0.15) is 25.7 Å². The van der Waals surface area contributed by atoms with Gasteiger partial charge in [-0.2, -0.15) is 19.6 Å². The van der Waals surface area contributed by atoms with Crippen molar-refractivity contribution in [3.05, 3.63) is 41.8 Å². The molecule has 1 fully saturated rings. The standard InChI is InChI=1S/C17H18ClN5/c18-15-14(13-8-4-3-5-9-13)16(22-10-6-1-2-7-11-22)23-17(21-15)19-12-20-23/h3-5,8-9,12H,1-2,6-7,10-11H2. The van der Waals surface area contributed by atoms with Crippen molar-refractivity contribution in [2.24, 2.45) is 0 Å². The molecule has 1 aliphatic heterocycles. The lowest BCUT2D eigenvalue weighted by molar-refractivity contribution is 0.726. The molecule has 0 bridgehead atoms. The Hall–Kier alpha value is -2.14. The topological polar surface area (TPSA) is 46.3 Å². The first-order chi connectivity index (χ1) is 11.3. The fourth-order valence-electron chi connectivity index (χ4n) is 3.23. The van der Waals surface area contributed by atoms with E-state index in [1.165, 1.54) is 32.0 Å². The highest BCUT2D eigenvalue weighted by Crippen LogP contribution is 2.36. The van der Waals surface area contributed by atoms with Gasteiger partial charge in [0.05, 0.1) is 5.56 Å². The predicted octanol–water partition coefficient (Wildman–Crippen LogP) is 3.83. The summed E-state index contributed by atoms with van der Waals surface area (Å²) in [6.45, 7) is 2.02. The van der Waals surface area contributed by atoms with Gasteiger partial charge >= 0.3 is 0 Å². The van der Waals surface area contributed by atoms with Crippen LogP contribution in [0.3, 0.4) is 0 Å².